The molecule has 2 aromatic rings. The van der Waals surface area contributed by atoms with E-state index in [1.807, 2.05) is 6.08 Å². The summed E-state index contributed by atoms with van der Waals surface area (Å²) in [5.74, 6) is 0. The highest BCUT2D eigenvalue weighted by atomic mass is 14.2. The predicted molar refractivity (Wildman–Crippen MR) is 64.3 cm³/mol. The van der Waals surface area contributed by atoms with E-state index in [4.69, 9.17) is 0 Å². The van der Waals surface area contributed by atoms with Gasteiger partial charge in [0.05, 0.1) is 0 Å². The first-order valence-electron chi connectivity index (χ1n) is 5.10. The van der Waals surface area contributed by atoms with Gasteiger partial charge in [0.2, 0.25) is 0 Å². The molecule has 1 radical (unpaired) electrons. The van der Waals surface area contributed by atoms with Crippen LogP contribution >= 0.6 is 0 Å². The molecule has 0 bridgehead atoms. The molecule has 0 fully saturated rings. The van der Waals surface area contributed by atoms with Gasteiger partial charge in [-0.05, 0) is 34.8 Å². The molecule has 0 aliphatic heterocycles. The maximum atomic E-state index is 3.90. The number of hydrogen-bond acceptors (Lipinski definition) is 0. The van der Waals surface area contributed by atoms with Crippen molar-refractivity contribution >= 4 is 5.57 Å². The monoisotopic (exact) mass is 191 g/mol. The van der Waals surface area contributed by atoms with E-state index in [-0.39, 0.29) is 0 Å². The molecule has 0 amide bonds. The Kier molecular flexibility index (Phi) is 1.75. The van der Waals surface area contributed by atoms with Crippen molar-refractivity contribution < 1.29 is 0 Å². The van der Waals surface area contributed by atoms with E-state index in [9.17, 15) is 0 Å². The first-order valence-corrected chi connectivity index (χ1v) is 5.10. The van der Waals surface area contributed by atoms with Crippen molar-refractivity contribution in [2.24, 2.45) is 0 Å². The summed E-state index contributed by atoms with van der Waals surface area (Å²) in [6.45, 7) is 3.90. The van der Waals surface area contributed by atoms with Gasteiger partial charge >= 0.3 is 0 Å². The minimum atomic E-state index is 1.25. The van der Waals surface area contributed by atoms with Gasteiger partial charge in [0, 0.05) is 0 Å². The molecule has 15 heavy (non-hydrogen) atoms. The van der Waals surface area contributed by atoms with Crippen LogP contribution in [0.25, 0.3) is 16.7 Å². The molecule has 0 N–H and O–H groups in total. The molecule has 1 aliphatic rings. The minimum Gasteiger partial charge on any atom is -0.0757 e. The highest BCUT2D eigenvalue weighted by molar-refractivity contribution is 6.01. The molecule has 71 valence electrons. The first kappa shape index (κ1) is 8.49. The van der Waals surface area contributed by atoms with Crippen molar-refractivity contribution in [2.45, 2.75) is 0 Å². The van der Waals surface area contributed by atoms with Crippen LogP contribution in [-0.4, -0.2) is 0 Å². The molecule has 0 aromatic heterocycles. The molecule has 0 saturated carbocycles. The van der Waals surface area contributed by atoms with Crippen molar-refractivity contribution in [1.29, 1.82) is 0 Å². The lowest BCUT2D eigenvalue weighted by Crippen LogP contribution is -1.78. The van der Waals surface area contributed by atoms with Crippen LogP contribution in [0.5, 0.6) is 0 Å². The average Bonchev–Trinajstić information content (AvgIpc) is 2.63. The van der Waals surface area contributed by atoms with Gasteiger partial charge in [-0.3, -0.25) is 0 Å². The van der Waals surface area contributed by atoms with Gasteiger partial charge < -0.3 is 0 Å². The van der Waals surface area contributed by atoms with Crippen LogP contribution in [0.1, 0.15) is 11.1 Å². The summed E-state index contributed by atoms with van der Waals surface area (Å²) in [4.78, 5) is 0. The van der Waals surface area contributed by atoms with Crippen molar-refractivity contribution in [2.75, 3.05) is 0 Å². The molecule has 0 heteroatoms. The molecule has 2 aromatic carbocycles. The Morgan fingerprint density at radius 2 is 1.07 bits per heavy atom. The third-order valence-corrected chi connectivity index (χ3v) is 2.93. The topological polar surface area (TPSA) is 0 Å². The fraction of sp³-hybridized carbons (Fsp3) is 0. The van der Waals surface area contributed by atoms with Gasteiger partial charge in [-0.1, -0.05) is 54.6 Å². The van der Waals surface area contributed by atoms with Crippen molar-refractivity contribution in [3.8, 4) is 11.1 Å². The number of fused-ring (bicyclic) bond motifs is 3. The largest absolute Gasteiger partial charge is 0.0757 e. The van der Waals surface area contributed by atoms with Crippen LogP contribution in [0.15, 0.2) is 54.6 Å². The zero-order valence-corrected chi connectivity index (χ0v) is 8.40. The van der Waals surface area contributed by atoms with Crippen LogP contribution in [0, 0.1) is 6.92 Å². The summed E-state index contributed by atoms with van der Waals surface area (Å²) in [6, 6.07) is 17.0. The summed E-state index contributed by atoms with van der Waals surface area (Å²) in [5.41, 5.74) is 6.50. The molecule has 0 saturated heterocycles. The molecule has 0 heterocycles. The highest BCUT2D eigenvalue weighted by Gasteiger charge is 2.20. The maximum Gasteiger partial charge on any atom is -0.00991 e. The van der Waals surface area contributed by atoms with Crippen molar-refractivity contribution in [3.63, 3.8) is 0 Å². The Morgan fingerprint density at radius 1 is 0.667 bits per heavy atom. The average molecular weight is 191 g/mol. The Balaban J connectivity index is 2.41. The summed E-state index contributed by atoms with van der Waals surface area (Å²) in [5, 5.41) is 0. The van der Waals surface area contributed by atoms with Crippen LogP contribution < -0.4 is 0 Å². The van der Waals surface area contributed by atoms with E-state index in [0.717, 1.165) is 0 Å². The molecule has 0 atom stereocenters. The lowest BCUT2D eigenvalue weighted by molar-refractivity contribution is 1.65. The number of hydrogen-bond donors (Lipinski definition) is 0. The summed E-state index contributed by atoms with van der Waals surface area (Å²) < 4.78 is 0. The predicted octanol–water partition coefficient (Wildman–Crippen LogP) is 3.93. The quantitative estimate of drug-likeness (QED) is 0.505. The fourth-order valence-corrected chi connectivity index (χ4v) is 2.27. The van der Waals surface area contributed by atoms with Gasteiger partial charge in [-0.2, -0.15) is 0 Å². The summed E-state index contributed by atoms with van der Waals surface area (Å²) in [7, 11) is 0. The third kappa shape index (κ3) is 1.08. The second-order valence-electron chi connectivity index (χ2n) is 3.71. The minimum absolute atomic E-state index is 1.25. The van der Waals surface area contributed by atoms with Gasteiger partial charge in [0.25, 0.3) is 0 Å². The van der Waals surface area contributed by atoms with Crippen molar-refractivity contribution in [3.05, 3.63) is 72.7 Å². The van der Waals surface area contributed by atoms with Gasteiger partial charge in [-0.25, -0.2) is 0 Å². The Bertz CT molecular complexity index is 500. The third-order valence-electron chi connectivity index (χ3n) is 2.93. The van der Waals surface area contributed by atoms with E-state index in [0.29, 0.717) is 0 Å². The second kappa shape index (κ2) is 3.09. The van der Waals surface area contributed by atoms with E-state index < -0.39 is 0 Å². The first-order chi connectivity index (χ1) is 7.42. The Morgan fingerprint density at radius 3 is 1.47 bits per heavy atom. The number of allylic oxidation sites excluding steroid dienone is 1. The zero-order chi connectivity index (χ0) is 10.3. The van der Waals surface area contributed by atoms with E-state index in [1.54, 1.807) is 0 Å². The van der Waals surface area contributed by atoms with Gasteiger partial charge in [0.1, 0.15) is 0 Å². The molecule has 3 rings (SSSR count). The maximum absolute atomic E-state index is 3.90. The number of benzene rings is 2. The highest BCUT2D eigenvalue weighted by Crippen LogP contribution is 2.43. The van der Waals surface area contributed by atoms with Crippen LogP contribution in [0.3, 0.4) is 0 Å². The van der Waals surface area contributed by atoms with Gasteiger partial charge in [-0.15, -0.1) is 0 Å². The van der Waals surface area contributed by atoms with E-state index in [2.05, 4.69) is 55.5 Å². The SMILES string of the molecule is [CH2]C=C1c2ccccc2-c2ccccc21. The van der Waals surface area contributed by atoms with Crippen molar-refractivity contribution in [1.82, 2.24) is 0 Å². The fourth-order valence-electron chi connectivity index (χ4n) is 2.27. The molecular formula is C15H11. The van der Waals surface area contributed by atoms with Crippen LogP contribution in [-0.2, 0) is 0 Å². The Hall–Kier alpha value is -1.82. The Labute approximate surface area is 89.9 Å². The van der Waals surface area contributed by atoms with E-state index in [1.165, 1.54) is 27.8 Å². The molecule has 0 unspecified atom stereocenters. The summed E-state index contributed by atoms with van der Waals surface area (Å²) >= 11 is 0. The molecular weight excluding hydrogens is 180 g/mol. The molecule has 1 aliphatic carbocycles. The summed E-state index contributed by atoms with van der Waals surface area (Å²) in [6.07, 6.45) is 1.95. The zero-order valence-electron chi connectivity index (χ0n) is 8.40. The second-order valence-corrected chi connectivity index (χ2v) is 3.71. The van der Waals surface area contributed by atoms with E-state index >= 15 is 0 Å². The molecule has 0 spiro atoms. The normalized spacial score (nSPS) is 12.2. The van der Waals surface area contributed by atoms with Crippen LogP contribution in [0.2, 0.25) is 0 Å². The number of rotatable bonds is 0. The standard InChI is InChI=1S/C15H11/c1-2-11-12-7-3-5-9-14(12)15-10-6-4-8-13(11)15/h2-10H,1H2. The lowest BCUT2D eigenvalue weighted by Gasteiger charge is -1.99. The smallest absolute Gasteiger partial charge is 0.00991 e. The van der Waals surface area contributed by atoms with Crippen LogP contribution in [0.4, 0.5) is 0 Å². The molecule has 0 nitrogen and oxygen atoms in total. The van der Waals surface area contributed by atoms with Gasteiger partial charge in [0.15, 0.2) is 0 Å². The lowest BCUT2D eigenvalue weighted by atomic mass is 10.0.